The van der Waals surface area contributed by atoms with Crippen LogP contribution in [0.3, 0.4) is 0 Å². The van der Waals surface area contributed by atoms with Gasteiger partial charge in [-0.25, -0.2) is 0 Å². The van der Waals surface area contributed by atoms with E-state index in [0.717, 1.165) is 17.8 Å². The second-order valence-electron chi connectivity index (χ2n) is 6.62. The van der Waals surface area contributed by atoms with Crippen LogP contribution in [0.2, 0.25) is 0 Å². The summed E-state index contributed by atoms with van der Waals surface area (Å²) >= 11 is 0. The van der Waals surface area contributed by atoms with Gasteiger partial charge in [-0.1, -0.05) is 34.1 Å². The Morgan fingerprint density at radius 2 is 1.94 bits per heavy atom. The van der Waals surface area contributed by atoms with Gasteiger partial charge in [0.1, 0.15) is 0 Å². The maximum Gasteiger partial charge on any atom is 0.00844 e. The van der Waals surface area contributed by atoms with E-state index in [2.05, 4.69) is 39.6 Å². The van der Waals surface area contributed by atoms with Gasteiger partial charge >= 0.3 is 0 Å². The van der Waals surface area contributed by atoms with Crippen LogP contribution >= 0.6 is 0 Å². The third-order valence-electron chi connectivity index (χ3n) is 4.57. The predicted octanol–water partition coefficient (Wildman–Crippen LogP) is 2.97. The highest BCUT2D eigenvalue weighted by molar-refractivity contribution is 4.87. The SMILES string of the molecule is CCC(C)CN(C)CC1C(C)CC(C)CC1N. The van der Waals surface area contributed by atoms with Crippen LogP contribution in [0.25, 0.3) is 0 Å². The van der Waals surface area contributed by atoms with Crippen molar-refractivity contribution in [2.45, 2.75) is 53.0 Å². The Balaban J connectivity index is 2.43. The Morgan fingerprint density at radius 1 is 1.29 bits per heavy atom. The second kappa shape index (κ2) is 6.75. The zero-order valence-corrected chi connectivity index (χ0v) is 12.4. The van der Waals surface area contributed by atoms with Crippen molar-refractivity contribution in [2.24, 2.45) is 29.4 Å². The summed E-state index contributed by atoms with van der Waals surface area (Å²) in [6.07, 6.45) is 3.84. The number of rotatable bonds is 5. The summed E-state index contributed by atoms with van der Waals surface area (Å²) < 4.78 is 0. The van der Waals surface area contributed by atoms with Gasteiger partial charge in [-0.2, -0.15) is 0 Å². The first kappa shape index (κ1) is 15.0. The lowest BCUT2D eigenvalue weighted by Gasteiger charge is -2.40. The van der Waals surface area contributed by atoms with Crippen LogP contribution in [0.4, 0.5) is 0 Å². The number of hydrogen-bond donors (Lipinski definition) is 1. The van der Waals surface area contributed by atoms with E-state index in [9.17, 15) is 0 Å². The summed E-state index contributed by atoms with van der Waals surface area (Å²) in [4.78, 5) is 2.49. The van der Waals surface area contributed by atoms with E-state index in [1.807, 2.05) is 0 Å². The van der Waals surface area contributed by atoms with Crippen molar-refractivity contribution in [2.75, 3.05) is 20.1 Å². The van der Waals surface area contributed by atoms with Crippen molar-refractivity contribution in [3.63, 3.8) is 0 Å². The predicted molar refractivity (Wildman–Crippen MR) is 76.0 cm³/mol. The molecule has 1 fully saturated rings. The first-order valence-electron chi connectivity index (χ1n) is 7.38. The molecule has 0 aromatic rings. The van der Waals surface area contributed by atoms with Crippen LogP contribution in [-0.4, -0.2) is 31.1 Å². The first-order valence-corrected chi connectivity index (χ1v) is 7.38. The van der Waals surface area contributed by atoms with Gasteiger partial charge in [0.25, 0.3) is 0 Å². The summed E-state index contributed by atoms with van der Waals surface area (Å²) in [5.41, 5.74) is 6.34. The smallest absolute Gasteiger partial charge is 0.00844 e. The van der Waals surface area contributed by atoms with Gasteiger partial charge in [-0.05, 0) is 43.6 Å². The lowest BCUT2D eigenvalue weighted by atomic mass is 9.72. The van der Waals surface area contributed by atoms with Crippen LogP contribution < -0.4 is 5.73 Å². The third kappa shape index (κ3) is 4.59. The van der Waals surface area contributed by atoms with Crippen molar-refractivity contribution in [3.8, 4) is 0 Å². The standard InChI is InChI=1S/C15H32N2/c1-6-11(2)9-17(5)10-14-13(4)7-12(3)8-15(14)16/h11-15H,6-10,16H2,1-5H3. The fourth-order valence-corrected chi connectivity index (χ4v) is 3.38. The molecule has 0 radical (unpaired) electrons. The van der Waals surface area contributed by atoms with Gasteiger partial charge in [-0.3, -0.25) is 0 Å². The van der Waals surface area contributed by atoms with Crippen molar-refractivity contribution in [1.29, 1.82) is 0 Å². The zero-order valence-electron chi connectivity index (χ0n) is 12.4. The topological polar surface area (TPSA) is 29.3 Å². The summed E-state index contributed by atoms with van der Waals surface area (Å²) in [6, 6.07) is 0.410. The molecule has 5 unspecified atom stereocenters. The Kier molecular flexibility index (Phi) is 5.94. The molecule has 1 rings (SSSR count). The molecular weight excluding hydrogens is 208 g/mol. The minimum Gasteiger partial charge on any atom is -0.327 e. The van der Waals surface area contributed by atoms with Crippen molar-refractivity contribution in [1.82, 2.24) is 4.90 Å². The summed E-state index contributed by atoms with van der Waals surface area (Å²) in [6.45, 7) is 11.7. The van der Waals surface area contributed by atoms with Gasteiger partial charge in [0.2, 0.25) is 0 Å². The summed E-state index contributed by atoms with van der Waals surface area (Å²) in [5, 5.41) is 0. The van der Waals surface area contributed by atoms with Gasteiger partial charge in [0.15, 0.2) is 0 Å². The molecule has 2 nitrogen and oxygen atoms in total. The van der Waals surface area contributed by atoms with Gasteiger partial charge in [-0.15, -0.1) is 0 Å². The fourth-order valence-electron chi connectivity index (χ4n) is 3.38. The third-order valence-corrected chi connectivity index (χ3v) is 4.57. The van der Waals surface area contributed by atoms with Gasteiger partial charge in [0, 0.05) is 19.1 Å². The quantitative estimate of drug-likeness (QED) is 0.800. The molecule has 102 valence electrons. The monoisotopic (exact) mass is 240 g/mol. The van der Waals surface area contributed by atoms with E-state index >= 15 is 0 Å². The molecule has 17 heavy (non-hydrogen) atoms. The van der Waals surface area contributed by atoms with Crippen molar-refractivity contribution in [3.05, 3.63) is 0 Å². The molecular formula is C15H32N2. The number of nitrogens with two attached hydrogens (primary N) is 1. The molecule has 0 amide bonds. The Hall–Kier alpha value is -0.0800. The molecule has 5 atom stereocenters. The van der Waals surface area contributed by atoms with E-state index < -0.39 is 0 Å². The molecule has 0 saturated heterocycles. The average Bonchev–Trinajstić information content (AvgIpc) is 2.23. The van der Waals surface area contributed by atoms with E-state index in [1.54, 1.807) is 0 Å². The second-order valence-corrected chi connectivity index (χ2v) is 6.62. The zero-order chi connectivity index (χ0) is 13.0. The Morgan fingerprint density at radius 3 is 2.47 bits per heavy atom. The van der Waals surface area contributed by atoms with E-state index in [0.29, 0.717) is 12.0 Å². The molecule has 0 aliphatic heterocycles. The van der Waals surface area contributed by atoms with E-state index in [4.69, 9.17) is 5.73 Å². The normalized spacial score (nSPS) is 36.2. The van der Waals surface area contributed by atoms with Gasteiger partial charge in [0.05, 0.1) is 0 Å². The lowest BCUT2D eigenvalue weighted by molar-refractivity contribution is 0.123. The molecule has 1 aliphatic carbocycles. The molecule has 2 N–H and O–H groups in total. The molecule has 2 heteroatoms. The first-order chi connectivity index (χ1) is 7.93. The Bertz CT molecular complexity index is 205. The van der Waals surface area contributed by atoms with Crippen LogP contribution in [0, 0.1) is 23.7 Å². The summed E-state index contributed by atoms with van der Waals surface area (Å²) in [7, 11) is 2.25. The van der Waals surface area contributed by atoms with E-state index in [1.165, 1.54) is 32.4 Å². The minimum absolute atomic E-state index is 0.410. The molecule has 1 aliphatic rings. The van der Waals surface area contributed by atoms with Gasteiger partial charge < -0.3 is 10.6 Å². The highest BCUT2D eigenvalue weighted by Crippen LogP contribution is 2.33. The maximum atomic E-state index is 6.34. The van der Waals surface area contributed by atoms with Crippen LogP contribution in [0.1, 0.15) is 47.0 Å². The van der Waals surface area contributed by atoms with Crippen molar-refractivity contribution < 1.29 is 0 Å². The highest BCUT2D eigenvalue weighted by atomic mass is 15.1. The molecule has 0 aromatic heterocycles. The molecule has 0 spiro atoms. The van der Waals surface area contributed by atoms with Crippen LogP contribution in [-0.2, 0) is 0 Å². The molecule has 0 heterocycles. The molecule has 1 saturated carbocycles. The fraction of sp³-hybridized carbons (Fsp3) is 1.00. The minimum atomic E-state index is 0.410. The molecule has 0 bridgehead atoms. The highest BCUT2D eigenvalue weighted by Gasteiger charge is 2.32. The number of hydrogen-bond acceptors (Lipinski definition) is 2. The summed E-state index contributed by atoms with van der Waals surface area (Å²) in [5.74, 6) is 3.10. The van der Waals surface area contributed by atoms with E-state index in [-0.39, 0.29) is 0 Å². The molecule has 0 aromatic carbocycles. The average molecular weight is 240 g/mol. The Labute approximate surface area is 108 Å². The van der Waals surface area contributed by atoms with Crippen LogP contribution in [0.15, 0.2) is 0 Å². The number of nitrogens with zero attached hydrogens (tertiary/aromatic N) is 1. The maximum absolute atomic E-state index is 6.34. The van der Waals surface area contributed by atoms with Crippen molar-refractivity contribution >= 4 is 0 Å². The lowest BCUT2D eigenvalue weighted by Crippen LogP contribution is -2.46. The van der Waals surface area contributed by atoms with Crippen LogP contribution in [0.5, 0.6) is 0 Å². The largest absolute Gasteiger partial charge is 0.327 e.